The monoisotopic (exact) mass is 378 g/mol. The number of hydrogen-bond acceptors (Lipinski definition) is 4. The Morgan fingerprint density at radius 2 is 1.67 bits per heavy atom. The number of ether oxygens (including phenoxy) is 2. The van der Waals surface area contributed by atoms with E-state index in [-0.39, 0.29) is 23.7 Å². The van der Waals surface area contributed by atoms with Gasteiger partial charge in [0.25, 0.3) is 0 Å². The molecule has 0 heterocycles. The molecule has 0 atom stereocenters. The largest absolute Gasteiger partial charge is 0.490 e. The summed E-state index contributed by atoms with van der Waals surface area (Å²) in [5, 5.41) is 2.50. The Morgan fingerprint density at radius 1 is 1.07 bits per heavy atom. The summed E-state index contributed by atoms with van der Waals surface area (Å²) in [6, 6.07) is 9.50. The van der Waals surface area contributed by atoms with Crippen LogP contribution in [0.4, 0.5) is 20.2 Å². The van der Waals surface area contributed by atoms with Gasteiger partial charge in [-0.1, -0.05) is 12.1 Å². The van der Waals surface area contributed by atoms with Crippen molar-refractivity contribution in [3.63, 3.8) is 0 Å². The van der Waals surface area contributed by atoms with Gasteiger partial charge in [0.15, 0.2) is 23.1 Å². The highest BCUT2D eigenvalue weighted by atomic mass is 19.1. The summed E-state index contributed by atoms with van der Waals surface area (Å²) in [6.07, 6.45) is 0.614. The van der Waals surface area contributed by atoms with Crippen LogP contribution in [0.15, 0.2) is 36.4 Å². The fourth-order valence-electron chi connectivity index (χ4n) is 2.55. The van der Waals surface area contributed by atoms with Crippen molar-refractivity contribution in [3.05, 3.63) is 48.0 Å². The second-order valence-electron chi connectivity index (χ2n) is 6.06. The highest BCUT2D eigenvalue weighted by molar-refractivity contribution is 5.90. The third-order valence-corrected chi connectivity index (χ3v) is 3.70. The molecule has 146 valence electrons. The SMILES string of the molecule is CCOc1ccccc1OCCCC(=O)Nc1cc(F)c(N(C)C)c(F)c1. The Balaban J connectivity index is 1.83. The van der Waals surface area contributed by atoms with Crippen LogP contribution in [0.3, 0.4) is 0 Å². The molecule has 0 radical (unpaired) electrons. The fraction of sp³-hybridized carbons (Fsp3) is 0.350. The average Bonchev–Trinajstić information content (AvgIpc) is 2.59. The van der Waals surface area contributed by atoms with Gasteiger partial charge in [0.2, 0.25) is 5.91 Å². The van der Waals surface area contributed by atoms with Crippen molar-refractivity contribution in [1.29, 1.82) is 0 Å². The van der Waals surface area contributed by atoms with E-state index in [9.17, 15) is 13.6 Å². The predicted octanol–water partition coefficient (Wildman–Crippen LogP) is 4.23. The Bertz CT molecular complexity index is 759. The second-order valence-corrected chi connectivity index (χ2v) is 6.06. The average molecular weight is 378 g/mol. The minimum absolute atomic E-state index is 0.0863. The molecule has 1 N–H and O–H groups in total. The highest BCUT2D eigenvalue weighted by Crippen LogP contribution is 2.27. The number of para-hydroxylation sites is 2. The van der Waals surface area contributed by atoms with Gasteiger partial charge in [-0.15, -0.1) is 0 Å². The molecule has 0 fully saturated rings. The first-order valence-electron chi connectivity index (χ1n) is 8.73. The molecule has 0 aromatic heterocycles. The molecule has 2 rings (SSSR count). The number of rotatable bonds is 9. The quantitative estimate of drug-likeness (QED) is 0.664. The van der Waals surface area contributed by atoms with Crippen LogP contribution in [0.5, 0.6) is 11.5 Å². The first kappa shape index (κ1) is 20.5. The maximum Gasteiger partial charge on any atom is 0.224 e. The summed E-state index contributed by atoms with van der Waals surface area (Å²) < 4.78 is 39.0. The number of anilines is 2. The third-order valence-electron chi connectivity index (χ3n) is 3.70. The summed E-state index contributed by atoms with van der Waals surface area (Å²) >= 11 is 0. The van der Waals surface area contributed by atoms with E-state index < -0.39 is 11.6 Å². The van der Waals surface area contributed by atoms with Gasteiger partial charge in [-0.25, -0.2) is 8.78 Å². The van der Waals surface area contributed by atoms with Crippen LogP contribution in [0.1, 0.15) is 19.8 Å². The summed E-state index contributed by atoms with van der Waals surface area (Å²) in [6.45, 7) is 2.74. The van der Waals surface area contributed by atoms with Gasteiger partial charge in [-0.2, -0.15) is 0 Å². The molecule has 27 heavy (non-hydrogen) atoms. The van der Waals surface area contributed by atoms with Gasteiger partial charge < -0.3 is 19.7 Å². The summed E-state index contributed by atoms with van der Waals surface area (Å²) in [4.78, 5) is 13.3. The summed E-state index contributed by atoms with van der Waals surface area (Å²) in [5.41, 5.74) is -0.0578. The van der Waals surface area contributed by atoms with Crippen molar-refractivity contribution in [3.8, 4) is 11.5 Å². The van der Waals surface area contributed by atoms with Crippen LogP contribution < -0.4 is 19.7 Å². The molecule has 0 saturated heterocycles. The normalized spacial score (nSPS) is 10.4. The van der Waals surface area contributed by atoms with Crippen molar-refractivity contribution >= 4 is 17.3 Å². The van der Waals surface area contributed by atoms with Gasteiger partial charge in [0.1, 0.15) is 5.69 Å². The van der Waals surface area contributed by atoms with Crippen LogP contribution in [-0.4, -0.2) is 33.2 Å². The standard InChI is InChI=1S/C20H24F2N2O3/c1-4-26-17-8-5-6-9-18(17)27-11-7-10-19(25)23-14-12-15(21)20(24(2)3)16(22)13-14/h5-6,8-9,12-13H,4,7,10-11H2,1-3H3,(H,23,25). The van der Waals surface area contributed by atoms with E-state index >= 15 is 0 Å². The molecular formula is C20H24F2N2O3. The number of nitrogens with one attached hydrogen (secondary N) is 1. The van der Waals surface area contributed by atoms with E-state index in [1.54, 1.807) is 20.2 Å². The molecule has 2 aromatic carbocycles. The van der Waals surface area contributed by atoms with Gasteiger partial charge in [-0.3, -0.25) is 4.79 Å². The molecule has 1 amide bonds. The predicted molar refractivity (Wildman–Crippen MR) is 102 cm³/mol. The molecule has 0 aliphatic heterocycles. The van der Waals surface area contributed by atoms with Gasteiger partial charge in [0.05, 0.1) is 13.2 Å². The van der Waals surface area contributed by atoms with E-state index in [1.165, 1.54) is 4.90 Å². The topological polar surface area (TPSA) is 50.8 Å². The first-order valence-corrected chi connectivity index (χ1v) is 8.73. The number of halogens is 2. The van der Waals surface area contributed by atoms with Crippen molar-refractivity contribution in [1.82, 2.24) is 0 Å². The van der Waals surface area contributed by atoms with E-state index in [0.717, 1.165) is 12.1 Å². The molecule has 0 bridgehead atoms. The molecule has 0 unspecified atom stereocenters. The van der Waals surface area contributed by atoms with Crippen LogP contribution in [-0.2, 0) is 4.79 Å². The molecule has 5 nitrogen and oxygen atoms in total. The van der Waals surface area contributed by atoms with E-state index in [0.29, 0.717) is 31.1 Å². The number of hydrogen-bond donors (Lipinski definition) is 1. The lowest BCUT2D eigenvalue weighted by molar-refractivity contribution is -0.116. The van der Waals surface area contributed by atoms with E-state index in [4.69, 9.17) is 9.47 Å². The van der Waals surface area contributed by atoms with Crippen molar-refractivity contribution in [2.45, 2.75) is 19.8 Å². The zero-order valence-electron chi connectivity index (χ0n) is 15.7. The third kappa shape index (κ3) is 5.84. The molecule has 7 heteroatoms. The molecule has 2 aromatic rings. The first-order chi connectivity index (χ1) is 12.9. The van der Waals surface area contributed by atoms with E-state index in [1.807, 2.05) is 25.1 Å². The van der Waals surface area contributed by atoms with Crippen molar-refractivity contribution < 1.29 is 23.0 Å². The van der Waals surface area contributed by atoms with Gasteiger partial charge in [0, 0.05) is 26.2 Å². The van der Waals surface area contributed by atoms with Crippen molar-refractivity contribution in [2.24, 2.45) is 0 Å². The lowest BCUT2D eigenvalue weighted by Crippen LogP contribution is -2.16. The van der Waals surface area contributed by atoms with E-state index in [2.05, 4.69) is 5.32 Å². The molecule has 0 aliphatic carbocycles. The second kappa shape index (κ2) is 9.75. The number of carbonyl (C=O) groups excluding carboxylic acids is 1. The summed E-state index contributed by atoms with van der Waals surface area (Å²) in [5.74, 6) is -0.537. The number of benzene rings is 2. The Hall–Kier alpha value is -2.83. The highest BCUT2D eigenvalue weighted by Gasteiger charge is 2.14. The number of carbonyl (C=O) groups is 1. The minimum atomic E-state index is -0.730. The lowest BCUT2D eigenvalue weighted by atomic mass is 10.2. The zero-order valence-corrected chi connectivity index (χ0v) is 15.7. The summed E-state index contributed by atoms with van der Waals surface area (Å²) in [7, 11) is 3.09. The van der Waals surface area contributed by atoms with Crippen LogP contribution in [0.2, 0.25) is 0 Å². The maximum atomic E-state index is 13.9. The fourth-order valence-corrected chi connectivity index (χ4v) is 2.55. The van der Waals surface area contributed by atoms with Crippen LogP contribution in [0.25, 0.3) is 0 Å². The Kier molecular flexibility index (Phi) is 7.40. The minimum Gasteiger partial charge on any atom is -0.490 e. The van der Waals surface area contributed by atoms with Crippen LogP contribution in [0, 0.1) is 11.6 Å². The van der Waals surface area contributed by atoms with Gasteiger partial charge >= 0.3 is 0 Å². The smallest absolute Gasteiger partial charge is 0.224 e. The molecule has 0 saturated carbocycles. The molecule has 0 spiro atoms. The Morgan fingerprint density at radius 3 is 2.22 bits per heavy atom. The maximum absolute atomic E-state index is 13.9. The van der Waals surface area contributed by atoms with Gasteiger partial charge in [-0.05, 0) is 37.6 Å². The van der Waals surface area contributed by atoms with Crippen LogP contribution >= 0.6 is 0 Å². The number of nitrogens with zero attached hydrogens (tertiary/aromatic N) is 1. The number of amides is 1. The Labute approximate surface area is 157 Å². The van der Waals surface area contributed by atoms with Crippen molar-refractivity contribution in [2.75, 3.05) is 37.5 Å². The zero-order chi connectivity index (χ0) is 19.8. The lowest BCUT2D eigenvalue weighted by Gasteiger charge is -2.16. The molecular weight excluding hydrogens is 354 g/mol. The molecule has 0 aliphatic rings.